The minimum atomic E-state index is -3.57. The monoisotopic (exact) mass is 289 g/mol. The maximum atomic E-state index is 13.0. The van der Waals surface area contributed by atoms with Crippen molar-refractivity contribution in [2.75, 3.05) is 12.4 Å². The Labute approximate surface area is 113 Å². The van der Waals surface area contributed by atoms with E-state index in [1.54, 1.807) is 6.07 Å². The largest absolute Gasteiger partial charge is 0.493 e. The van der Waals surface area contributed by atoms with Crippen LogP contribution >= 0.6 is 0 Å². The highest BCUT2D eigenvalue weighted by atomic mass is 32.2. The summed E-state index contributed by atoms with van der Waals surface area (Å²) in [7, 11) is -3.57. The Bertz CT molecular complexity index is 523. The van der Waals surface area contributed by atoms with E-state index in [1.165, 1.54) is 18.2 Å². The molecule has 0 aromatic heterocycles. The third-order valence-electron chi connectivity index (χ3n) is 2.91. The normalized spacial score (nSPS) is 14.2. The second-order valence-electron chi connectivity index (χ2n) is 5.66. The molecule has 0 saturated carbocycles. The lowest BCUT2D eigenvalue weighted by Gasteiger charge is -2.29. The first kappa shape index (κ1) is 15.9. The minimum absolute atomic E-state index is 0.161. The summed E-state index contributed by atoms with van der Waals surface area (Å²) in [4.78, 5) is 0. The topological polar surface area (TPSA) is 69.4 Å². The third kappa shape index (κ3) is 6.02. The number of benzene rings is 1. The van der Waals surface area contributed by atoms with Crippen molar-refractivity contribution in [1.29, 1.82) is 0 Å². The van der Waals surface area contributed by atoms with E-state index >= 15 is 0 Å². The molecule has 1 atom stereocenters. The average Bonchev–Trinajstić information content (AvgIpc) is 2.21. The molecule has 108 valence electrons. The summed E-state index contributed by atoms with van der Waals surface area (Å²) in [6, 6.07) is 5.74. The molecule has 1 aromatic rings. The molecule has 0 fully saturated rings. The second kappa shape index (κ2) is 5.88. The Morgan fingerprint density at radius 3 is 2.47 bits per heavy atom. The van der Waals surface area contributed by atoms with E-state index in [2.05, 4.69) is 0 Å². The highest BCUT2D eigenvalue weighted by Gasteiger charge is 2.29. The standard InChI is InChI=1S/C13H20FNO3S/c1-13(2,3)10(9-19(15,16)17)8-18-12-6-4-5-11(14)7-12/h4-7,10H,8-9H2,1-3H3,(H2,15,16,17). The van der Waals surface area contributed by atoms with Gasteiger partial charge in [-0.1, -0.05) is 26.8 Å². The molecule has 0 aliphatic heterocycles. The third-order valence-corrected chi connectivity index (χ3v) is 3.77. The first-order chi connectivity index (χ1) is 8.58. The van der Waals surface area contributed by atoms with E-state index in [0.717, 1.165) is 0 Å². The molecule has 0 saturated heterocycles. The van der Waals surface area contributed by atoms with E-state index < -0.39 is 15.8 Å². The van der Waals surface area contributed by atoms with Crippen LogP contribution in [0.1, 0.15) is 20.8 Å². The van der Waals surface area contributed by atoms with Gasteiger partial charge >= 0.3 is 0 Å². The van der Waals surface area contributed by atoms with Gasteiger partial charge in [-0.05, 0) is 17.5 Å². The van der Waals surface area contributed by atoms with Crippen molar-refractivity contribution >= 4 is 10.0 Å². The number of hydrogen-bond donors (Lipinski definition) is 1. The van der Waals surface area contributed by atoms with Gasteiger partial charge in [0.25, 0.3) is 0 Å². The van der Waals surface area contributed by atoms with Gasteiger partial charge in [0.2, 0.25) is 10.0 Å². The smallest absolute Gasteiger partial charge is 0.209 e. The molecule has 4 nitrogen and oxygen atoms in total. The molecule has 0 spiro atoms. The summed E-state index contributed by atoms with van der Waals surface area (Å²) < 4.78 is 40.9. The van der Waals surface area contributed by atoms with Crippen LogP contribution in [0, 0.1) is 17.2 Å². The van der Waals surface area contributed by atoms with Gasteiger partial charge in [-0.25, -0.2) is 17.9 Å². The predicted octanol–water partition coefficient (Wildman–Crippen LogP) is 2.16. The van der Waals surface area contributed by atoms with Gasteiger partial charge in [0.15, 0.2) is 0 Å². The van der Waals surface area contributed by atoms with Crippen molar-refractivity contribution < 1.29 is 17.5 Å². The van der Waals surface area contributed by atoms with Crippen LogP contribution in [0.25, 0.3) is 0 Å². The van der Waals surface area contributed by atoms with Crippen LogP contribution in [-0.4, -0.2) is 20.8 Å². The number of rotatable bonds is 5. The van der Waals surface area contributed by atoms with E-state index in [-0.39, 0.29) is 23.7 Å². The van der Waals surface area contributed by atoms with E-state index in [0.29, 0.717) is 5.75 Å². The molecular formula is C13H20FNO3S. The zero-order chi connectivity index (χ0) is 14.7. The molecule has 0 radical (unpaired) electrons. The lowest BCUT2D eigenvalue weighted by Crippen LogP contribution is -2.35. The van der Waals surface area contributed by atoms with Gasteiger partial charge < -0.3 is 4.74 Å². The maximum Gasteiger partial charge on any atom is 0.209 e. The van der Waals surface area contributed by atoms with Gasteiger partial charge in [0.05, 0.1) is 12.4 Å². The van der Waals surface area contributed by atoms with Gasteiger partial charge in [-0.2, -0.15) is 0 Å². The Morgan fingerprint density at radius 1 is 1.37 bits per heavy atom. The number of nitrogens with two attached hydrogens (primary N) is 1. The summed E-state index contributed by atoms with van der Waals surface area (Å²) in [5.41, 5.74) is -0.278. The Hall–Kier alpha value is -1.14. The highest BCUT2D eigenvalue weighted by molar-refractivity contribution is 7.89. The van der Waals surface area contributed by atoms with Crippen molar-refractivity contribution in [2.24, 2.45) is 16.5 Å². The number of primary sulfonamides is 1. The van der Waals surface area contributed by atoms with Crippen molar-refractivity contribution in [3.63, 3.8) is 0 Å². The molecule has 0 bridgehead atoms. The summed E-state index contributed by atoms with van der Waals surface area (Å²) in [6.45, 7) is 5.91. The Balaban J connectivity index is 2.74. The molecule has 0 aliphatic rings. The zero-order valence-corrected chi connectivity index (χ0v) is 12.2. The zero-order valence-electron chi connectivity index (χ0n) is 11.4. The number of ether oxygens (including phenoxy) is 1. The van der Waals surface area contributed by atoms with E-state index in [9.17, 15) is 12.8 Å². The number of halogens is 1. The highest BCUT2D eigenvalue weighted by Crippen LogP contribution is 2.27. The van der Waals surface area contributed by atoms with Crippen molar-refractivity contribution in [3.05, 3.63) is 30.1 Å². The van der Waals surface area contributed by atoms with Crippen molar-refractivity contribution in [2.45, 2.75) is 20.8 Å². The second-order valence-corrected chi connectivity index (χ2v) is 7.32. The fourth-order valence-corrected chi connectivity index (χ4v) is 2.74. The van der Waals surface area contributed by atoms with Crippen molar-refractivity contribution in [1.82, 2.24) is 0 Å². The molecular weight excluding hydrogens is 269 g/mol. The first-order valence-corrected chi connectivity index (χ1v) is 7.68. The van der Waals surface area contributed by atoms with Gasteiger partial charge in [0.1, 0.15) is 11.6 Å². The molecule has 0 amide bonds. The molecule has 0 aliphatic carbocycles. The summed E-state index contributed by atoms with van der Waals surface area (Å²) >= 11 is 0. The number of hydrogen-bond acceptors (Lipinski definition) is 3. The fourth-order valence-electron chi connectivity index (χ4n) is 1.58. The quantitative estimate of drug-likeness (QED) is 0.903. The van der Waals surface area contributed by atoms with Crippen LogP contribution in [0.4, 0.5) is 4.39 Å². The first-order valence-electron chi connectivity index (χ1n) is 5.97. The van der Waals surface area contributed by atoms with Crippen LogP contribution in [0.15, 0.2) is 24.3 Å². The fraction of sp³-hybridized carbons (Fsp3) is 0.538. The SMILES string of the molecule is CC(C)(C)C(COc1cccc(F)c1)CS(N)(=O)=O. The Kier molecular flexibility index (Phi) is 4.92. The molecule has 1 aromatic carbocycles. The van der Waals surface area contributed by atoms with Crippen LogP contribution in [0.2, 0.25) is 0 Å². The van der Waals surface area contributed by atoms with Crippen molar-refractivity contribution in [3.8, 4) is 5.75 Å². The predicted molar refractivity (Wildman–Crippen MR) is 72.8 cm³/mol. The van der Waals surface area contributed by atoms with Crippen LogP contribution < -0.4 is 9.88 Å². The lowest BCUT2D eigenvalue weighted by atomic mass is 9.82. The van der Waals surface area contributed by atoms with Gasteiger partial charge in [-0.3, -0.25) is 0 Å². The molecule has 2 N–H and O–H groups in total. The van der Waals surface area contributed by atoms with E-state index in [1.807, 2.05) is 20.8 Å². The molecule has 0 heterocycles. The molecule has 1 unspecified atom stereocenters. The lowest BCUT2D eigenvalue weighted by molar-refractivity contribution is 0.163. The summed E-state index contributed by atoms with van der Waals surface area (Å²) in [5.74, 6) is -0.447. The van der Waals surface area contributed by atoms with Gasteiger partial charge in [0, 0.05) is 12.0 Å². The van der Waals surface area contributed by atoms with Crippen LogP contribution in [-0.2, 0) is 10.0 Å². The molecule has 1 rings (SSSR count). The van der Waals surface area contributed by atoms with Crippen LogP contribution in [0.5, 0.6) is 5.75 Å². The average molecular weight is 289 g/mol. The minimum Gasteiger partial charge on any atom is -0.493 e. The van der Waals surface area contributed by atoms with Gasteiger partial charge in [-0.15, -0.1) is 0 Å². The summed E-state index contributed by atoms with van der Waals surface area (Å²) in [6.07, 6.45) is 0. The Morgan fingerprint density at radius 2 is 2.00 bits per heavy atom. The maximum absolute atomic E-state index is 13.0. The van der Waals surface area contributed by atoms with E-state index in [4.69, 9.17) is 9.88 Å². The number of sulfonamides is 1. The summed E-state index contributed by atoms with van der Waals surface area (Å²) in [5, 5.41) is 5.08. The molecule has 19 heavy (non-hydrogen) atoms. The van der Waals surface area contributed by atoms with Crippen LogP contribution in [0.3, 0.4) is 0 Å². The molecule has 6 heteroatoms.